The summed E-state index contributed by atoms with van der Waals surface area (Å²) in [6.45, 7) is 1.80. The molecule has 27 heavy (non-hydrogen) atoms. The summed E-state index contributed by atoms with van der Waals surface area (Å²) in [5.41, 5.74) is 4.06. The summed E-state index contributed by atoms with van der Waals surface area (Å²) < 4.78 is 7.51. The summed E-state index contributed by atoms with van der Waals surface area (Å²) >= 11 is 0. The quantitative estimate of drug-likeness (QED) is 0.754. The van der Waals surface area contributed by atoms with Crippen molar-refractivity contribution in [1.29, 1.82) is 0 Å². The second kappa shape index (κ2) is 6.40. The predicted octanol–water partition coefficient (Wildman–Crippen LogP) is 2.84. The van der Waals surface area contributed by atoms with Crippen molar-refractivity contribution in [3.8, 4) is 17.1 Å². The zero-order valence-electron chi connectivity index (χ0n) is 15.4. The van der Waals surface area contributed by atoms with Gasteiger partial charge in [0.15, 0.2) is 12.3 Å². The van der Waals surface area contributed by atoms with E-state index in [0.29, 0.717) is 11.7 Å². The molecule has 2 aliphatic rings. The van der Waals surface area contributed by atoms with Gasteiger partial charge in [-0.3, -0.25) is 4.79 Å². The van der Waals surface area contributed by atoms with Crippen molar-refractivity contribution in [1.82, 2.24) is 24.6 Å². The van der Waals surface area contributed by atoms with Crippen LogP contribution in [0.5, 0.6) is 5.75 Å². The van der Waals surface area contributed by atoms with Crippen LogP contribution in [0.2, 0.25) is 0 Å². The summed E-state index contributed by atoms with van der Waals surface area (Å²) in [6, 6.07) is 7.72. The summed E-state index contributed by atoms with van der Waals surface area (Å²) in [6.07, 6.45) is 4.61. The lowest BCUT2D eigenvalue weighted by Crippen LogP contribution is -2.32. The molecule has 3 heterocycles. The second-order valence-electron chi connectivity index (χ2n) is 7.47. The van der Waals surface area contributed by atoms with E-state index in [1.807, 2.05) is 40.9 Å². The highest BCUT2D eigenvalue weighted by Gasteiger charge is 2.30. The number of nitrogens with zero attached hydrogens (tertiary/aromatic N) is 4. The van der Waals surface area contributed by atoms with Gasteiger partial charge in [-0.25, -0.2) is 9.67 Å². The lowest BCUT2D eigenvalue weighted by Gasteiger charge is -2.15. The minimum atomic E-state index is 0.0639. The summed E-state index contributed by atoms with van der Waals surface area (Å²) in [7, 11) is 1.94. The van der Waals surface area contributed by atoms with Gasteiger partial charge in [0.2, 0.25) is 0 Å². The Morgan fingerprint density at radius 1 is 1.22 bits per heavy atom. The number of benzene rings is 1. The molecule has 7 nitrogen and oxygen atoms in total. The number of carbonyl (C=O) groups is 1. The minimum absolute atomic E-state index is 0.0639. The van der Waals surface area contributed by atoms with Crippen LogP contribution >= 0.6 is 0 Å². The van der Waals surface area contributed by atoms with Crippen LogP contribution < -0.4 is 4.74 Å². The van der Waals surface area contributed by atoms with Crippen LogP contribution in [0.3, 0.4) is 0 Å². The number of imidazole rings is 1. The molecule has 0 bridgehead atoms. The molecule has 1 amide bonds. The molecule has 7 heteroatoms. The number of fused-ring (bicyclic) bond motifs is 1. The molecule has 1 saturated heterocycles. The van der Waals surface area contributed by atoms with Crippen molar-refractivity contribution < 1.29 is 9.53 Å². The first-order valence-electron chi connectivity index (χ1n) is 9.62. The molecule has 1 N–H and O–H groups in total. The number of aromatic nitrogens is 4. The molecule has 1 aliphatic heterocycles. The van der Waals surface area contributed by atoms with E-state index < -0.39 is 0 Å². The fourth-order valence-corrected chi connectivity index (χ4v) is 3.73. The maximum absolute atomic E-state index is 12.1. The van der Waals surface area contributed by atoms with Gasteiger partial charge in [0.25, 0.3) is 5.91 Å². The summed E-state index contributed by atoms with van der Waals surface area (Å²) in [5.74, 6) is 2.17. The van der Waals surface area contributed by atoms with Crippen molar-refractivity contribution in [2.75, 3.05) is 19.7 Å². The van der Waals surface area contributed by atoms with Gasteiger partial charge < -0.3 is 14.6 Å². The van der Waals surface area contributed by atoms with Gasteiger partial charge in [-0.1, -0.05) is 0 Å². The van der Waals surface area contributed by atoms with Crippen LogP contribution in [-0.2, 0) is 11.8 Å². The first-order valence-corrected chi connectivity index (χ1v) is 9.62. The third kappa shape index (κ3) is 3.07. The van der Waals surface area contributed by atoms with Gasteiger partial charge in [-0.15, -0.1) is 0 Å². The topological polar surface area (TPSA) is 76.0 Å². The van der Waals surface area contributed by atoms with E-state index in [4.69, 9.17) is 9.72 Å². The van der Waals surface area contributed by atoms with E-state index in [9.17, 15) is 4.79 Å². The van der Waals surface area contributed by atoms with Gasteiger partial charge in [-0.05, 0) is 49.9 Å². The molecule has 5 rings (SSSR count). The SMILES string of the molecule is Cn1nc(C2CC2)c2[nH]c(-c3ccc(OCC(=O)N4CCCC4)cc3)nc21. The highest BCUT2D eigenvalue weighted by Crippen LogP contribution is 2.42. The lowest BCUT2D eigenvalue weighted by molar-refractivity contribution is -0.132. The number of aryl methyl sites for hydroxylation is 1. The van der Waals surface area contributed by atoms with Crippen molar-refractivity contribution in [2.45, 2.75) is 31.6 Å². The van der Waals surface area contributed by atoms with E-state index in [1.54, 1.807) is 0 Å². The molecule has 2 aromatic heterocycles. The molecule has 140 valence electrons. The van der Waals surface area contributed by atoms with E-state index in [1.165, 1.54) is 12.8 Å². The molecule has 1 saturated carbocycles. The molecule has 3 aromatic rings. The second-order valence-corrected chi connectivity index (χ2v) is 7.47. The van der Waals surface area contributed by atoms with Crippen molar-refractivity contribution in [3.63, 3.8) is 0 Å². The number of rotatable bonds is 5. The summed E-state index contributed by atoms with van der Waals surface area (Å²) in [5, 5.41) is 4.60. The molecule has 1 aliphatic carbocycles. The molecular formula is C20H23N5O2. The number of amides is 1. The lowest BCUT2D eigenvalue weighted by atomic mass is 10.2. The Kier molecular flexibility index (Phi) is 3.88. The third-order valence-corrected chi connectivity index (χ3v) is 5.42. The van der Waals surface area contributed by atoms with E-state index >= 15 is 0 Å². The van der Waals surface area contributed by atoms with Crippen LogP contribution in [0, 0.1) is 0 Å². The molecule has 0 spiro atoms. The van der Waals surface area contributed by atoms with Crippen LogP contribution in [0.4, 0.5) is 0 Å². The Morgan fingerprint density at radius 3 is 2.67 bits per heavy atom. The molecule has 0 radical (unpaired) electrons. The number of hydrogen-bond donors (Lipinski definition) is 1. The molecule has 0 unspecified atom stereocenters. The number of nitrogens with one attached hydrogen (secondary N) is 1. The van der Waals surface area contributed by atoms with E-state index in [-0.39, 0.29) is 12.5 Å². The molecule has 0 atom stereocenters. The Hall–Kier alpha value is -2.83. The first-order chi connectivity index (χ1) is 13.2. The van der Waals surface area contributed by atoms with Crippen LogP contribution in [0.1, 0.15) is 37.3 Å². The largest absolute Gasteiger partial charge is 0.484 e. The fraction of sp³-hybridized carbons (Fsp3) is 0.450. The number of ether oxygens (including phenoxy) is 1. The van der Waals surface area contributed by atoms with Crippen molar-refractivity contribution in [2.24, 2.45) is 7.05 Å². The van der Waals surface area contributed by atoms with Crippen molar-refractivity contribution in [3.05, 3.63) is 30.0 Å². The summed E-state index contributed by atoms with van der Waals surface area (Å²) in [4.78, 5) is 22.1. The van der Waals surface area contributed by atoms with E-state index in [2.05, 4.69) is 10.1 Å². The van der Waals surface area contributed by atoms with Gasteiger partial charge in [0, 0.05) is 31.6 Å². The third-order valence-electron chi connectivity index (χ3n) is 5.42. The zero-order chi connectivity index (χ0) is 18.4. The molecule has 2 fully saturated rings. The van der Waals surface area contributed by atoms with Crippen LogP contribution in [-0.4, -0.2) is 50.3 Å². The Labute approximate surface area is 157 Å². The molecular weight excluding hydrogens is 342 g/mol. The predicted molar refractivity (Wildman–Crippen MR) is 102 cm³/mol. The highest BCUT2D eigenvalue weighted by atomic mass is 16.5. The molecule has 1 aromatic carbocycles. The van der Waals surface area contributed by atoms with Crippen molar-refractivity contribution >= 4 is 17.1 Å². The van der Waals surface area contributed by atoms with Gasteiger partial charge in [0.1, 0.15) is 17.1 Å². The normalized spacial score (nSPS) is 17.0. The number of aromatic amines is 1. The monoisotopic (exact) mass is 365 g/mol. The van der Waals surface area contributed by atoms with Gasteiger partial charge >= 0.3 is 0 Å². The Balaban J connectivity index is 1.30. The van der Waals surface area contributed by atoms with Crippen LogP contribution in [0.15, 0.2) is 24.3 Å². The fourth-order valence-electron chi connectivity index (χ4n) is 3.73. The number of H-pyrrole nitrogens is 1. The highest BCUT2D eigenvalue weighted by molar-refractivity contribution is 5.80. The average molecular weight is 365 g/mol. The maximum atomic E-state index is 12.1. The van der Waals surface area contributed by atoms with Gasteiger partial charge in [0.05, 0.1) is 5.69 Å². The Morgan fingerprint density at radius 2 is 1.96 bits per heavy atom. The first kappa shape index (κ1) is 16.4. The van der Waals surface area contributed by atoms with E-state index in [0.717, 1.165) is 54.2 Å². The number of likely N-dealkylation sites (tertiary alicyclic amines) is 1. The maximum Gasteiger partial charge on any atom is 0.260 e. The minimum Gasteiger partial charge on any atom is -0.484 e. The smallest absolute Gasteiger partial charge is 0.260 e. The van der Waals surface area contributed by atoms with Gasteiger partial charge in [-0.2, -0.15) is 5.10 Å². The Bertz CT molecular complexity index is 978. The number of carbonyl (C=O) groups excluding carboxylic acids is 1. The van der Waals surface area contributed by atoms with Crippen LogP contribution in [0.25, 0.3) is 22.6 Å². The average Bonchev–Trinajstić information content (AvgIpc) is 3.09. The zero-order valence-corrected chi connectivity index (χ0v) is 15.4. The standard InChI is InChI=1S/C20H23N5O2/c1-24-20-18(17(23-24)13-4-5-13)21-19(22-20)14-6-8-15(9-7-14)27-12-16(26)25-10-2-3-11-25/h6-9,13H,2-5,10-12H2,1H3,(H,21,22). The number of hydrogen-bond acceptors (Lipinski definition) is 4.